The lowest BCUT2D eigenvalue weighted by atomic mass is 9.76. The van der Waals surface area contributed by atoms with E-state index in [9.17, 15) is 9.50 Å². The Bertz CT molecular complexity index is 307. The zero-order valence-corrected chi connectivity index (χ0v) is 8.82. The lowest BCUT2D eigenvalue weighted by Gasteiger charge is -2.30. The van der Waals surface area contributed by atoms with Crippen molar-refractivity contribution < 1.29 is 9.50 Å². The van der Waals surface area contributed by atoms with Crippen LogP contribution in [0.25, 0.3) is 0 Å². The average molecular weight is 208 g/mol. The van der Waals surface area contributed by atoms with E-state index >= 15 is 0 Å². The van der Waals surface area contributed by atoms with Crippen LogP contribution in [0.5, 0.6) is 0 Å². The number of rotatable bonds is 2. The number of benzene rings is 1. The zero-order chi connectivity index (χ0) is 10.7. The van der Waals surface area contributed by atoms with E-state index in [4.69, 9.17) is 0 Å². The minimum Gasteiger partial charge on any atom is -0.396 e. The number of aliphatic hydroxyl groups excluding tert-OH is 1. The standard InChI is InChI=1S/C13H17FO/c14-12-7-5-10(6-8-12)13-4-2-1-3-11(13)9-15/h5-8,11,13,15H,1-4,9H2. The monoisotopic (exact) mass is 208 g/mol. The number of aliphatic hydroxyl groups is 1. The molecular weight excluding hydrogens is 191 g/mol. The van der Waals surface area contributed by atoms with Crippen molar-refractivity contribution in [3.63, 3.8) is 0 Å². The molecule has 1 N–H and O–H groups in total. The van der Waals surface area contributed by atoms with Gasteiger partial charge >= 0.3 is 0 Å². The van der Waals surface area contributed by atoms with E-state index in [1.165, 1.54) is 30.5 Å². The first-order valence-corrected chi connectivity index (χ1v) is 5.67. The van der Waals surface area contributed by atoms with Gasteiger partial charge in [-0.2, -0.15) is 0 Å². The first-order chi connectivity index (χ1) is 7.31. The van der Waals surface area contributed by atoms with Crippen molar-refractivity contribution in [2.24, 2.45) is 5.92 Å². The van der Waals surface area contributed by atoms with Gasteiger partial charge in [-0.15, -0.1) is 0 Å². The fourth-order valence-corrected chi connectivity index (χ4v) is 2.57. The van der Waals surface area contributed by atoms with Crippen LogP contribution < -0.4 is 0 Å². The molecule has 1 aliphatic carbocycles. The summed E-state index contributed by atoms with van der Waals surface area (Å²) in [6, 6.07) is 6.73. The molecule has 1 aromatic rings. The van der Waals surface area contributed by atoms with Crippen molar-refractivity contribution in [2.75, 3.05) is 6.61 Å². The van der Waals surface area contributed by atoms with Gasteiger partial charge in [-0.05, 0) is 42.4 Å². The molecule has 0 amide bonds. The third kappa shape index (κ3) is 2.37. The van der Waals surface area contributed by atoms with E-state index in [1.54, 1.807) is 0 Å². The summed E-state index contributed by atoms with van der Waals surface area (Å²) in [7, 11) is 0. The lowest BCUT2D eigenvalue weighted by molar-refractivity contribution is 0.169. The minimum atomic E-state index is -0.185. The third-order valence-electron chi connectivity index (χ3n) is 3.44. The summed E-state index contributed by atoms with van der Waals surface area (Å²) >= 11 is 0. The second-order valence-electron chi connectivity index (χ2n) is 4.39. The van der Waals surface area contributed by atoms with Gasteiger partial charge in [0, 0.05) is 6.61 Å². The van der Waals surface area contributed by atoms with Gasteiger partial charge in [0.1, 0.15) is 5.82 Å². The molecular formula is C13H17FO. The van der Waals surface area contributed by atoms with E-state index in [2.05, 4.69) is 0 Å². The van der Waals surface area contributed by atoms with Gasteiger partial charge in [-0.3, -0.25) is 0 Å². The highest BCUT2D eigenvalue weighted by atomic mass is 19.1. The number of halogens is 1. The van der Waals surface area contributed by atoms with Crippen molar-refractivity contribution in [3.8, 4) is 0 Å². The number of hydrogen-bond acceptors (Lipinski definition) is 1. The molecule has 1 nitrogen and oxygen atoms in total. The molecule has 1 aromatic carbocycles. The van der Waals surface area contributed by atoms with Gasteiger partial charge in [0.15, 0.2) is 0 Å². The molecule has 2 rings (SSSR count). The van der Waals surface area contributed by atoms with E-state index in [0.29, 0.717) is 11.8 Å². The summed E-state index contributed by atoms with van der Waals surface area (Å²) in [5.41, 5.74) is 1.18. The lowest BCUT2D eigenvalue weighted by Crippen LogP contribution is -2.20. The van der Waals surface area contributed by atoms with Crippen LogP contribution in [0.3, 0.4) is 0 Å². The molecule has 0 bridgehead atoms. The SMILES string of the molecule is OCC1CCCCC1c1ccc(F)cc1. The van der Waals surface area contributed by atoms with E-state index in [-0.39, 0.29) is 12.4 Å². The largest absolute Gasteiger partial charge is 0.396 e. The number of hydrogen-bond donors (Lipinski definition) is 1. The fourth-order valence-electron chi connectivity index (χ4n) is 2.57. The third-order valence-corrected chi connectivity index (χ3v) is 3.44. The summed E-state index contributed by atoms with van der Waals surface area (Å²) in [4.78, 5) is 0. The zero-order valence-electron chi connectivity index (χ0n) is 8.82. The summed E-state index contributed by atoms with van der Waals surface area (Å²) in [6.45, 7) is 0.252. The van der Waals surface area contributed by atoms with Crippen molar-refractivity contribution in [3.05, 3.63) is 35.6 Å². The molecule has 1 saturated carbocycles. The van der Waals surface area contributed by atoms with E-state index < -0.39 is 0 Å². The van der Waals surface area contributed by atoms with Crippen LogP contribution >= 0.6 is 0 Å². The first kappa shape index (κ1) is 10.6. The highest BCUT2D eigenvalue weighted by Crippen LogP contribution is 2.37. The van der Waals surface area contributed by atoms with Crippen LogP contribution in [0.15, 0.2) is 24.3 Å². The van der Waals surface area contributed by atoms with Crippen LogP contribution in [0, 0.1) is 11.7 Å². The average Bonchev–Trinajstić information content (AvgIpc) is 2.30. The molecule has 2 heteroatoms. The van der Waals surface area contributed by atoms with Gasteiger partial charge in [-0.25, -0.2) is 4.39 Å². The van der Waals surface area contributed by atoms with Crippen molar-refractivity contribution in [1.29, 1.82) is 0 Å². The van der Waals surface area contributed by atoms with E-state index in [0.717, 1.165) is 12.8 Å². The molecule has 2 atom stereocenters. The van der Waals surface area contributed by atoms with Crippen LogP contribution in [-0.2, 0) is 0 Å². The van der Waals surface area contributed by atoms with Crippen molar-refractivity contribution in [1.82, 2.24) is 0 Å². The van der Waals surface area contributed by atoms with Gasteiger partial charge in [0.2, 0.25) is 0 Å². The second kappa shape index (κ2) is 4.75. The van der Waals surface area contributed by atoms with Crippen LogP contribution in [0.4, 0.5) is 4.39 Å². The Balaban J connectivity index is 2.16. The van der Waals surface area contributed by atoms with Gasteiger partial charge in [0.25, 0.3) is 0 Å². The Hall–Kier alpha value is -0.890. The smallest absolute Gasteiger partial charge is 0.123 e. The predicted octanol–water partition coefficient (Wildman–Crippen LogP) is 3.09. The molecule has 0 aliphatic heterocycles. The van der Waals surface area contributed by atoms with Crippen LogP contribution in [0.2, 0.25) is 0 Å². The fraction of sp³-hybridized carbons (Fsp3) is 0.538. The topological polar surface area (TPSA) is 20.2 Å². The maximum Gasteiger partial charge on any atom is 0.123 e. The van der Waals surface area contributed by atoms with Gasteiger partial charge in [0.05, 0.1) is 0 Å². The first-order valence-electron chi connectivity index (χ1n) is 5.67. The summed E-state index contributed by atoms with van der Waals surface area (Å²) in [5.74, 6) is 0.601. The normalized spacial score (nSPS) is 26.5. The minimum absolute atomic E-state index is 0.185. The Kier molecular flexibility index (Phi) is 3.37. The van der Waals surface area contributed by atoms with Crippen molar-refractivity contribution in [2.45, 2.75) is 31.6 Å². The second-order valence-corrected chi connectivity index (χ2v) is 4.39. The molecule has 15 heavy (non-hydrogen) atoms. The van der Waals surface area contributed by atoms with E-state index in [1.807, 2.05) is 12.1 Å². The molecule has 2 unspecified atom stereocenters. The molecule has 0 aromatic heterocycles. The molecule has 0 radical (unpaired) electrons. The quantitative estimate of drug-likeness (QED) is 0.791. The highest BCUT2D eigenvalue weighted by molar-refractivity contribution is 5.21. The van der Waals surface area contributed by atoms with Gasteiger partial charge < -0.3 is 5.11 Å². The van der Waals surface area contributed by atoms with Crippen molar-refractivity contribution >= 4 is 0 Å². The van der Waals surface area contributed by atoms with Crippen LogP contribution in [-0.4, -0.2) is 11.7 Å². The molecule has 82 valence electrons. The Morgan fingerprint density at radius 1 is 1.13 bits per heavy atom. The molecule has 0 spiro atoms. The molecule has 1 fully saturated rings. The Morgan fingerprint density at radius 2 is 1.80 bits per heavy atom. The summed E-state index contributed by atoms with van der Waals surface area (Å²) in [5, 5.41) is 9.30. The molecule has 1 aliphatic rings. The Morgan fingerprint density at radius 3 is 2.47 bits per heavy atom. The maximum atomic E-state index is 12.8. The van der Waals surface area contributed by atoms with Crippen LogP contribution in [0.1, 0.15) is 37.2 Å². The van der Waals surface area contributed by atoms with Gasteiger partial charge in [-0.1, -0.05) is 25.0 Å². The maximum absolute atomic E-state index is 12.8. The summed E-state index contributed by atoms with van der Waals surface area (Å²) in [6.07, 6.45) is 4.65. The molecule has 0 saturated heterocycles. The summed E-state index contributed by atoms with van der Waals surface area (Å²) < 4.78 is 12.8. The highest BCUT2D eigenvalue weighted by Gasteiger charge is 2.25. The predicted molar refractivity (Wildman–Crippen MR) is 58.2 cm³/mol. The molecule has 0 heterocycles. The Labute approximate surface area is 89.9 Å².